The fourth-order valence-electron chi connectivity index (χ4n) is 3.56. The van der Waals surface area contributed by atoms with Crippen molar-refractivity contribution in [1.29, 1.82) is 0 Å². The van der Waals surface area contributed by atoms with E-state index in [9.17, 15) is 9.18 Å². The Hall–Kier alpha value is -1.64. The van der Waals surface area contributed by atoms with Crippen LogP contribution in [0.2, 0.25) is 0 Å². The van der Waals surface area contributed by atoms with Crippen molar-refractivity contribution in [2.45, 2.75) is 32.1 Å². The predicted molar refractivity (Wildman–Crippen MR) is 68.3 cm³/mol. The Morgan fingerprint density at radius 2 is 1.89 bits per heavy atom. The Morgan fingerprint density at radius 3 is 2.56 bits per heavy atom. The van der Waals surface area contributed by atoms with E-state index in [-0.39, 0.29) is 11.0 Å². The van der Waals surface area contributed by atoms with Gasteiger partial charge in [-0.25, -0.2) is 4.39 Å². The van der Waals surface area contributed by atoms with E-state index in [1.165, 1.54) is 0 Å². The van der Waals surface area contributed by atoms with E-state index in [0.29, 0.717) is 5.56 Å². The van der Waals surface area contributed by atoms with Gasteiger partial charge in [0.1, 0.15) is 5.83 Å². The average molecular weight is 245 g/mol. The Bertz CT molecular complexity index is 541. The van der Waals surface area contributed by atoms with Gasteiger partial charge in [0.25, 0.3) is 0 Å². The molecule has 1 aromatic carbocycles. The summed E-state index contributed by atoms with van der Waals surface area (Å²) in [6.45, 7) is 0. The van der Waals surface area contributed by atoms with Crippen LogP contribution in [-0.2, 0) is 11.2 Å². The molecule has 0 unspecified atom stereocenters. The summed E-state index contributed by atoms with van der Waals surface area (Å²) in [4.78, 5) is 11.7. The minimum Gasteiger partial charge on any atom is -0.366 e. The standard InChI is InChI=1S/C15H16FNO/c16-13-11-6-2-1-5-10(11)9-15(7-3-4-8-15)12(13)14(17)18/h1-2,5-6H,3-4,7-9H2,(H2,17,18). The van der Waals surface area contributed by atoms with Gasteiger partial charge in [-0.1, -0.05) is 37.1 Å². The maximum absolute atomic E-state index is 14.6. The van der Waals surface area contributed by atoms with Crippen LogP contribution in [-0.4, -0.2) is 5.91 Å². The molecule has 3 heteroatoms. The molecule has 1 fully saturated rings. The van der Waals surface area contributed by atoms with E-state index in [1.54, 1.807) is 12.1 Å². The lowest BCUT2D eigenvalue weighted by Gasteiger charge is -2.35. The summed E-state index contributed by atoms with van der Waals surface area (Å²) in [6, 6.07) is 7.40. The molecule has 1 saturated carbocycles. The molecule has 0 aliphatic heterocycles. The summed E-state index contributed by atoms with van der Waals surface area (Å²) in [5, 5.41) is 0. The van der Waals surface area contributed by atoms with Crippen LogP contribution >= 0.6 is 0 Å². The maximum Gasteiger partial charge on any atom is 0.248 e. The monoisotopic (exact) mass is 245 g/mol. The van der Waals surface area contributed by atoms with Gasteiger partial charge in [-0.3, -0.25) is 4.79 Å². The second-order valence-corrected chi connectivity index (χ2v) is 5.37. The van der Waals surface area contributed by atoms with Crippen molar-refractivity contribution in [2.24, 2.45) is 11.1 Å². The van der Waals surface area contributed by atoms with Crippen LogP contribution in [0.25, 0.3) is 5.83 Å². The molecule has 94 valence electrons. The molecule has 0 saturated heterocycles. The number of carbonyl (C=O) groups excluding carboxylic acids is 1. The van der Waals surface area contributed by atoms with Crippen LogP contribution in [0.5, 0.6) is 0 Å². The fraction of sp³-hybridized carbons (Fsp3) is 0.400. The van der Waals surface area contributed by atoms with Gasteiger partial charge < -0.3 is 5.73 Å². The SMILES string of the molecule is NC(=O)C1=C(F)c2ccccc2CC12CCCC2. The van der Waals surface area contributed by atoms with Gasteiger partial charge in [-0.2, -0.15) is 0 Å². The van der Waals surface area contributed by atoms with Crippen LogP contribution in [0, 0.1) is 5.41 Å². The zero-order valence-corrected chi connectivity index (χ0v) is 10.2. The minimum atomic E-state index is -0.594. The molecule has 0 heterocycles. The zero-order valence-electron chi connectivity index (χ0n) is 10.2. The van der Waals surface area contributed by atoms with Crippen molar-refractivity contribution in [3.8, 4) is 0 Å². The van der Waals surface area contributed by atoms with E-state index in [0.717, 1.165) is 37.7 Å². The van der Waals surface area contributed by atoms with Crippen LogP contribution in [0.4, 0.5) is 4.39 Å². The normalized spacial score (nSPS) is 21.2. The number of carbonyl (C=O) groups is 1. The number of benzene rings is 1. The number of nitrogens with two attached hydrogens (primary N) is 1. The quantitative estimate of drug-likeness (QED) is 0.812. The van der Waals surface area contributed by atoms with Crippen molar-refractivity contribution < 1.29 is 9.18 Å². The van der Waals surface area contributed by atoms with Crippen LogP contribution < -0.4 is 5.73 Å². The Morgan fingerprint density at radius 1 is 1.22 bits per heavy atom. The van der Waals surface area contributed by atoms with E-state index >= 15 is 0 Å². The van der Waals surface area contributed by atoms with E-state index in [1.807, 2.05) is 12.1 Å². The first kappa shape index (κ1) is 11.5. The Labute approximate surface area is 106 Å². The van der Waals surface area contributed by atoms with Crippen molar-refractivity contribution in [1.82, 2.24) is 0 Å². The van der Waals surface area contributed by atoms with E-state index in [4.69, 9.17) is 5.73 Å². The highest BCUT2D eigenvalue weighted by Crippen LogP contribution is 2.52. The molecule has 0 radical (unpaired) electrons. The van der Waals surface area contributed by atoms with Crippen molar-refractivity contribution >= 4 is 11.7 Å². The number of amides is 1. The van der Waals surface area contributed by atoms with Gasteiger partial charge in [-0.15, -0.1) is 0 Å². The van der Waals surface area contributed by atoms with Crippen molar-refractivity contribution in [3.05, 3.63) is 41.0 Å². The summed E-state index contributed by atoms with van der Waals surface area (Å²) >= 11 is 0. The predicted octanol–water partition coefficient (Wildman–Crippen LogP) is 2.97. The number of primary amides is 1. The third-order valence-electron chi connectivity index (χ3n) is 4.34. The van der Waals surface area contributed by atoms with Crippen LogP contribution in [0.1, 0.15) is 36.8 Å². The van der Waals surface area contributed by atoms with Gasteiger partial charge in [0.05, 0.1) is 5.57 Å². The first-order valence-electron chi connectivity index (χ1n) is 6.42. The highest BCUT2D eigenvalue weighted by atomic mass is 19.1. The topological polar surface area (TPSA) is 43.1 Å². The molecule has 0 bridgehead atoms. The first-order valence-corrected chi connectivity index (χ1v) is 6.42. The third kappa shape index (κ3) is 1.50. The molecule has 2 nitrogen and oxygen atoms in total. The lowest BCUT2D eigenvalue weighted by Crippen LogP contribution is -2.34. The summed E-state index contributed by atoms with van der Waals surface area (Å²) < 4.78 is 14.6. The number of fused-ring (bicyclic) bond motifs is 1. The number of rotatable bonds is 1. The lowest BCUT2D eigenvalue weighted by molar-refractivity contribution is -0.115. The largest absolute Gasteiger partial charge is 0.366 e. The fourth-order valence-corrected chi connectivity index (χ4v) is 3.56. The molecular formula is C15H16FNO. The second kappa shape index (κ2) is 3.94. The van der Waals surface area contributed by atoms with Gasteiger partial charge >= 0.3 is 0 Å². The molecule has 3 rings (SSSR count). The molecule has 0 aromatic heterocycles. The lowest BCUT2D eigenvalue weighted by atomic mass is 9.68. The minimum absolute atomic E-state index is 0.235. The molecule has 18 heavy (non-hydrogen) atoms. The molecule has 2 aliphatic rings. The first-order chi connectivity index (χ1) is 8.64. The maximum atomic E-state index is 14.6. The molecule has 1 amide bonds. The summed E-state index contributed by atoms with van der Waals surface area (Å²) in [5.41, 5.74) is 6.87. The highest BCUT2D eigenvalue weighted by Gasteiger charge is 2.45. The molecule has 2 N–H and O–H groups in total. The highest BCUT2D eigenvalue weighted by molar-refractivity contribution is 6.01. The molecular weight excluding hydrogens is 229 g/mol. The van der Waals surface area contributed by atoms with Gasteiger partial charge in [0.2, 0.25) is 5.91 Å². The molecule has 1 spiro atoms. The Kier molecular flexibility index (Phi) is 2.51. The average Bonchev–Trinajstić information content (AvgIpc) is 2.77. The van der Waals surface area contributed by atoms with E-state index in [2.05, 4.69) is 0 Å². The van der Waals surface area contributed by atoms with Crippen LogP contribution in [0.15, 0.2) is 29.8 Å². The van der Waals surface area contributed by atoms with Gasteiger partial charge in [0, 0.05) is 11.0 Å². The second-order valence-electron chi connectivity index (χ2n) is 5.37. The summed E-state index contributed by atoms with van der Waals surface area (Å²) in [7, 11) is 0. The van der Waals surface area contributed by atoms with Gasteiger partial charge in [-0.05, 0) is 24.8 Å². The van der Waals surface area contributed by atoms with E-state index < -0.39 is 11.7 Å². The number of halogens is 1. The van der Waals surface area contributed by atoms with Crippen molar-refractivity contribution in [2.75, 3.05) is 0 Å². The summed E-state index contributed by atoms with van der Waals surface area (Å²) in [5.74, 6) is -0.991. The summed E-state index contributed by atoms with van der Waals surface area (Å²) in [6.07, 6.45) is 4.58. The molecule has 1 aromatic rings. The third-order valence-corrected chi connectivity index (χ3v) is 4.34. The number of hydrogen-bond donors (Lipinski definition) is 1. The smallest absolute Gasteiger partial charge is 0.248 e. The zero-order chi connectivity index (χ0) is 12.8. The molecule has 0 atom stereocenters. The van der Waals surface area contributed by atoms with Crippen molar-refractivity contribution in [3.63, 3.8) is 0 Å². The Balaban J connectivity index is 2.22. The van der Waals surface area contributed by atoms with Crippen LogP contribution in [0.3, 0.4) is 0 Å². The van der Waals surface area contributed by atoms with Gasteiger partial charge in [0.15, 0.2) is 0 Å². The molecule has 2 aliphatic carbocycles. The number of hydrogen-bond acceptors (Lipinski definition) is 1.